The molecule has 0 saturated heterocycles. The molecule has 0 aliphatic rings. The van der Waals surface area contributed by atoms with E-state index in [0.29, 0.717) is 12.3 Å². The Morgan fingerprint density at radius 2 is 0.946 bits per heavy atom. The van der Waals surface area contributed by atoms with Gasteiger partial charge in [-0.25, -0.2) is 0 Å². The fourth-order valence-corrected chi connectivity index (χ4v) is 1.72. The largest absolute Gasteiger partial charge is 0.481 e. The van der Waals surface area contributed by atoms with Gasteiger partial charge in [-0.1, -0.05) is 27.7 Å². The third-order valence-electron chi connectivity index (χ3n) is 4.05. The number of primary amides is 1. The predicted molar refractivity (Wildman–Crippen MR) is 132 cm³/mol. The van der Waals surface area contributed by atoms with Crippen LogP contribution in [-0.4, -0.2) is 85.5 Å². The minimum absolute atomic E-state index is 0.0208. The highest BCUT2D eigenvalue weighted by Gasteiger charge is 2.15. The first kappa shape index (κ1) is 40.8. The van der Waals surface area contributed by atoms with Gasteiger partial charge in [0.1, 0.15) is 24.2 Å². The maximum atomic E-state index is 10.1. The molecule has 16 heteroatoms. The molecule has 0 heterocycles. The first-order valence-electron chi connectivity index (χ1n) is 11.1. The molecule has 0 rings (SSSR count). The van der Waals surface area contributed by atoms with Crippen molar-refractivity contribution in [3.05, 3.63) is 0 Å². The summed E-state index contributed by atoms with van der Waals surface area (Å²) in [5.74, 6) is -5.30. The number of rotatable bonds is 13. The summed E-state index contributed by atoms with van der Waals surface area (Å²) in [7, 11) is 0. The standard InChI is InChI=1S/C6H13NO2.C5H10N2O3.C5H9NO4.C5H11NO2/c1-4(2)3-5(7)6(8)9;2*6-3(5(9)10)1-2-4(7)8;1-3(2)4(6)5(7)8/h4-5H,3,7H2,1-2H3,(H,8,9);3H,1-2,6H2,(H2,7,8)(H,9,10);3H,1-2,6H2,(H,7,8)(H,9,10);3-4H,6H2,1-2H3,(H,7,8)/t5-;2*3-;4-/m0000/s1. The normalized spacial score (nSPS) is 13.1. The number of carbonyl (C=O) groups excluding carboxylic acids is 1. The molecule has 1 amide bonds. The summed E-state index contributed by atoms with van der Waals surface area (Å²) in [5.41, 5.74) is 25.2. The molecule has 0 fully saturated rings. The number of hydrogen-bond acceptors (Lipinski definition) is 10. The molecule has 4 atom stereocenters. The first-order chi connectivity index (χ1) is 16.7. The third-order valence-corrected chi connectivity index (χ3v) is 4.05. The Morgan fingerprint density at radius 1 is 0.595 bits per heavy atom. The van der Waals surface area contributed by atoms with Gasteiger partial charge in [-0.15, -0.1) is 0 Å². The zero-order valence-electron chi connectivity index (χ0n) is 21.6. The molecule has 16 nitrogen and oxygen atoms in total. The smallest absolute Gasteiger partial charge is 0.320 e. The Morgan fingerprint density at radius 3 is 1.11 bits per heavy atom. The molecule has 0 aliphatic carbocycles. The van der Waals surface area contributed by atoms with Crippen LogP contribution in [0, 0.1) is 11.8 Å². The van der Waals surface area contributed by atoms with Gasteiger partial charge in [-0.3, -0.25) is 28.8 Å². The van der Waals surface area contributed by atoms with Gasteiger partial charge < -0.3 is 54.2 Å². The maximum Gasteiger partial charge on any atom is 0.320 e. The monoisotopic (exact) mass is 541 g/mol. The Kier molecular flexibility index (Phi) is 25.5. The highest BCUT2D eigenvalue weighted by molar-refractivity contribution is 5.77. The van der Waals surface area contributed by atoms with Crippen LogP contribution in [0.2, 0.25) is 0 Å². The van der Waals surface area contributed by atoms with Gasteiger partial charge in [0, 0.05) is 12.8 Å². The summed E-state index contributed by atoms with van der Waals surface area (Å²) in [6, 6.07) is -3.44. The fraction of sp³-hybridized carbons (Fsp3) is 0.714. The second-order valence-electron chi connectivity index (χ2n) is 8.51. The molecule has 0 aromatic carbocycles. The van der Waals surface area contributed by atoms with Crippen molar-refractivity contribution in [3.63, 3.8) is 0 Å². The summed E-state index contributed by atoms with van der Waals surface area (Å²) >= 11 is 0. The van der Waals surface area contributed by atoms with Gasteiger partial charge in [-0.2, -0.15) is 0 Å². The van der Waals surface area contributed by atoms with Gasteiger partial charge in [0.15, 0.2) is 0 Å². The molecule has 218 valence electrons. The van der Waals surface area contributed by atoms with Gasteiger partial charge in [0.25, 0.3) is 0 Å². The van der Waals surface area contributed by atoms with Gasteiger partial charge >= 0.3 is 29.8 Å². The third kappa shape index (κ3) is 32.7. The van der Waals surface area contributed by atoms with Crippen molar-refractivity contribution in [1.29, 1.82) is 0 Å². The summed E-state index contributed by atoms with van der Waals surface area (Å²) in [6.45, 7) is 7.45. The zero-order valence-corrected chi connectivity index (χ0v) is 21.6. The topological polar surface area (TPSA) is 334 Å². The van der Waals surface area contributed by atoms with Crippen LogP contribution >= 0.6 is 0 Å². The molecule has 0 aromatic heterocycles. The predicted octanol–water partition coefficient (Wildman–Crippen LogP) is -1.57. The van der Waals surface area contributed by atoms with E-state index in [1.165, 1.54) is 0 Å². The highest BCUT2D eigenvalue weighted by Crippen LogP contribution is 2.01. The summed E-state index contributed by atoms with van der Waals surface area (Å²) in [6.07, 6.45) is 0.450. The van der Waals surface area contributed by atoms with Crippen LogP contribution in [0.1, 0.15) is 59.8 Å². The highest BCUT2D eigenvalue weighted by atomic mass is 16.4. The minimum atomic E-state index is -1.17. The fourth-order valence-electron chi connectivity index (χ4n) is 1.72. The Balaban J connectivity index is -0.000000197. The number of carboxylic acids is 5. The Bertz CT molecular complexity index is 683. The van der Waals surface area contributed by atoms with E-state index in [1.54, 1.807) is 13.8 Å². The summed E-state index contributed by atoms with van der Waals surface area (Å²) < 4.78 is 0. The molecule has 0 aromatic rings. The van der Waals surface area contributed by atoms with E-state index in [9.17, 15) is 28.8 Å². The molecular formula is C21H43N5O11. The first-order valence-corrected chi connectivity index (χ1v) is 11.1. The van der Waals surface area contributed by atoms with E-state index < -0.39 is 59.9 Å². The van der Waals surface area contributed by atoms with Crippen molar-refractivity contribution in [2.45, 2.75) is 84.0 Å². The SMILES string of the molecule is CC(C)C[C@H](N)C(=O)O.CC(C)[C@H](N)C(=O)O.NC(=O)CC[C@H](N)C(=O)O.N[C@@H](CCC(=O)O)C(=O)O. The summed E-state index contributed by atoms with van der Waals surface area (Å²) in [5, 5.41) is 41.0. The number of aliphatic carboxylic acids is 5. The van der Waals surface area contributed by atoms with Gasteiger partial charge in [0.05, 0.1) is 0 Å². The van der Waals surface area contributed by atoms with Crippen molar-refractivity contribution >= 4 is 35.8 Å². The molecule has 37 heavy (non-hydrogen) atoms. The Hall–Kier alpha value is -3.34. The molecule has 0 unspecified atom stereocenters. The second kappa shape index (κ2) is 23.1. The Labute approximate surface area is 215 Å². The molecule has 0 bridgehead atoms. The zero-order chi connectivity index (χ0) is 30.5. The van der Waals surface area contributed by atoms with Gasteiger partial charge in [0.2, 0.25) is 5.91 Å². The van der Waals surface area contributed by atoms with E-state index in [4.69, 9.17) is 54.2 Å². The number of nitrogens with two attached hydrogens (primary N) is 5. The van der Waals surface area contributed by atoms with E-state index in [1.807, 2.05) is 13.8 Å². The number of amides is 1. The van der Waals surface area contributed by atoms with Crippen molar-refractivity contribution in [2.24, 2.45) is 40.5 Å². The average molecular weight is 542 g/mol. The molecule has 15 N–H and O–H groups in total. The van der Waals surface area contributed by atoms with Crippen molar-refractivity contribution < 1.29 is 54.3 Å². The van der Waals surface area contributed by atoms with Crippen LogP contribution in [0.3, 0.4) is 0 Å². The van der Waals surface area contributed by atoms with E-state index in [-0.39, 0.29) is 31.6 Å². The average Bonchev–Trinajstić information content (AvgIpc) is 2.75. The lowest BCUT2D eigenvalue weighted by atomic mass is 10.1. The summed E-state index contributed by atoms with van der Waals surface area (Å²) in [4.78, 5) is 60.1. The number of carbonyl (C=O) groups is 6. The quantitative estimate of drug-likeness (QED) is 0.126. The lowest BCUT2D eigenvalue weighted by Gasteiger charge is -2.07. The lowest BCUT2D eigenvalue weighted by molar-refractivity contribution is -0.141. The van der Waals surface area contributed by atoms with E-state index in [0.717, 1.165) is 0 Å². The maximum absolute atomic E-state index is 10.1. The van der Waals surface area contributed by atoms with E-state index in [2.05, 4.69) is 0 Å². The van der Waals surface area contributed by atoms with Crippen LogP contribution in [0.15, 0.2) is 0 Å². The van der Waals surface area contributed by atoms with Crippen LogP contribution in [-0.2, 0) is 28.8 Å². The van der Waals surface area contributed by atoms with Gasteiger partial charge in [-0.05, 0) is 31.1 Å². The molecule has 0 saturated carbocycles. The molecule has 0 aliphatic heterocycles. The van der Waals surface area contributed by atoms with Crippen molar-refractivity contribution in [2.75, 3.05) is 0 Å². The number of hydrogen-bond donors (Lipinski definition) is 10. The molecule has 0 spiro atoms. The van der Waals surface area contributed by atoms with Crippen LogP contribution in [0.25, 0.3) is 0 Å². The second-order valence-corrected chi connectivity index (χ2v) is 8.51. The van der Waals surface area contributed by atoms with Crippen LogP contribution in [0.4, 0.5) is 0 Å². The number of carboxylic acid groups (broad SMARTS) is 5. The van der Waals surface area contributed by atoms with Crippen molar-refractivity contribution in [1.82, 2.24) is 0 Å². The molecule has 0 radical (unpaired) electrons. The van der Waals surface area contributed by atoms with Crippen LogP contribution in [0.5, 0.6) is 0 Å². The van der Waals surface area contributed by atoms with Crippen LogP contribution < -0.4 is 28.7 Å². The lowest BCUT2D eigenvalue weighted by Crippen LogP contribution is -2.34. The van der Waals surface area contributed by atoms with Crippen molar-refractivity contribution in [3.8, 4) is 0 Å². The minimum Gasteiger partial charge on any atom is -0.481 e. The van der Waals surface area contributed by atoms with E-state index >= 15 is 0 Å². The molecular weight excluding hydrogens is 498 g/mol.